The van der Waals surface area contributed by atoms with E-state index in [2.05, 4.69) is 60.4 Å². The molecule has 24 heavy (non-hydrogen) atoms. The summed E-state index contributed by atoms with van der Waals surface area (Å²) in [5.41, 5.74) is 2.05. The van der Waals surface area contributed by atoms with Gasteiger partial charge in [0.2, 0.25) is 14.2 Å². The number of para-hydroxylation sites is 1. The van der Waals surface area contributed by atoms with Gasteiger partial charge in [-0.25, -0.2) is 4.98 Å². The smallest absolute Gasteiger partial charge is 1.00 e. The molecule has 118 valence electrons. The number of hydrogen-bond acceptors (Lipinski definition) is 2. The Morgan fingerprint density at radius 1 is 1.04 bits per heavy atom. The molecule has 0 atom stereocenters. The van der Waals surface area contributed by atoms with Crippen molar-refractivity contribution in [3.8, 4) is 5.88 Å². The predicted octanol–water partition coefficient (Wildman–Crippen LogP) is 1.28. The summed E-state index contributed by atoms with van der Waals surface area (Å²) >= 11 is 0. The van der Waals surface area contributed by atoms with Gasteiger partial charge in [0.1, 0.15) is 0 Å². The molecule has 0 bridgehead atoms. The molecule has 3 nitrogen and oxygen atoms in total. The molecular formula is C18H17BrMgN2OSi. The zero-order valence-corrected chi connectivity index (χ0v) is 18.0. The first kappa shape index (κ1) is 19.2. The van der Waals surface area contributed by atoms with Crippen LogP contribution in [0.3, 0.4) is 0 Å². The number of nitrogens with zero attached hydrogens (tertiary/aromatic N) is 2. The van der Waals surface area contributed by atoms with Crippen LogP contribution in [0, 0.1) is 6.07 Å². The largest absolute Gasteiger partial charge is 2.00 e. The Balaban J connectivity index is 0.00000104. The Labute approximate surface area is 169 Å². The van der Waals surface area contributed by atoms with Crippen molar-refractivity contribution in [2.75, 3.05) is 0 Å². The van der Waals surface area contributed by atoms with Crippen molar-refractivity contribution in [2.45, 2.75) is 19.6 Å². The Morgan fingerprint density at radius 3 is 2.50 bits per heavy atom. The Hall–Kier alpha value is -1.09. The number of rotatable bonds is 2. The molecule has 0 amide bonds. The number of benzene rings is 2. The maximum absolute atomic E-state index is 6.08. The molecule has 0 unspecified atom stereocenters. The van der Waals surface area contributed by atoms with Crippen LogP contribution in [0.5, 0.6) is 5.88 Å². The molecule has 0 radical (unpaired) electrons. The molecule has 2 aromatic carbocycles. The summed E-state index contributed by atoms with van der Waals surface area (Å²) in [4.78, 5) is 4.72. The van der Waals surface area contributed by atoms with Gasteiger partial charge in [-0.15, -0.1) is 29.7 Å². The SMILES string of the molecule is C[Si](C)(C)Oc1cn2c3ccccc3c3ccc[c-]c3c2n1.[Br-].[Mg+2]. The van der Waals surface area contributed by atoms with E-state index >= 15 is 0 Å². The molecule has 0 aliphatic carbocycles. The minimum atomic E-state index is -1.68. The molecule has 0 saturated heterocycles. The average molecular weight is 410 g/mol. The van der Waals surface area contributed by atoms with Gasteiger partial charge >= 0.3 is 23.1 Å². The fraction of sp³-hybridized carbons (Fsp3) is 0.167. The predicted molar refractivity (Wildman–Crippen MR) is 98.8 cm³/mol. The van der Waals surface area contributed by atoms with E-state index in [-0.39, 0.29) is 40.0 Å². The van der Waals surface area contributed by atoms with Crippen molar-refractivity contribution >= 4 is 58.7 Å². The maximum atomic E-state index is 6.08. The third-order valence-electron chi connectivity index (χ3n) is 3.63. The number of imidazole rings is 1. The first-order chi connectivity index (χ1) is 10.5. The van der Waals surface area contributed by atoms with E-state index in [9.17, 15) is 0 Å². The van der Waals surface area contributed by atoms with Gasteiger partial charge in [0.05, 0.1) is 11.8 Å². The van der Waals surface area contributed by atoms with E-state index < -0.39 is 8.32 Å². The number of fused-ring (bicyclic) bond motifs is 6. The quantitative estimate of drug-likeness (QED) is 0.283. The summed E-state index contributed by atoms with van der Waals surface area (Å²) in [6, 6.07) is 17.8. The van der Waals surface area contributed by atoms with Crippen molar-refractivity contribution in [1.82, 2.24) is 9.38 Å². The fourth-order valence-electron chi connectivity index (χ4n) is 2.84. The van der Waals surface area contributed by atoms with Crippen LogP contribution in [0.2, 0.25) is 19.6 Å². The summed E-state index contributed by atoms with van der Waals surface area (Å²) < 4.78 is 8.19. The van der Waals surface area contributed by atoms with Crippen LogP contribution in [-0.2, 0) is 0 Å². The van der Waals surface area contributed by atoms with E-state index in [4.69, 9.17) is 9.41 Å². The van der Waals surface area contributed by atoms with Crippen LogP contribution in [0.25, 0.3) is 27.3 Å². The van der Waals surface area contributed by atoms with Crippen LogP contribution in [0.1, 0.15) is 0 Å². The van der Waals surface area contributed by atoms with E-state index in [0.717, 1.165) is 16.6 Å². The van der Waals surface area contributed by atoms with Gasteiger partial charge in [-0.1, -0.05) is 23.6 Å². The van der Waals surface area contributed by atoms with E-state index in [1.165, 1.54) is 10.8 Å². The zero-order chi connectivity index (χ0) is 15.3. The third-order valence-corrected chi connectivity index (χ3v) is 4.45. The Morgan fingerprint density at radius 2 is 1.75 bits per heavy atom. The maximum Gasteiger partial charge on any atom is 2.00 e. The van der Waals surface area contributed by atoms with Crippen LogP contribution in [0.15, 0.2) is 48.7 Å². The van der Waals surface area contributed by atoms with E-state index in [0.29, 0.717) is 5.88 Å². The summed E-state index contributed by atoms with van der Waals surface area (Å²) in [5.74, 6) is 0.703. The summed E-state index contributed by atoms with van der Waals surface area (Å²) in [5, 5.41) is 3.42. The molecule has 0 saturated carbocycles. The van der Waals surface area contributed by atoms with Gasteiger partial charge < -0.3 is 25.8 Å². The summed E-state index contributed by atoms with van der Waals surface area (Å²) in [6.45, 7) is 6.50. The topological polar surface area (TPSA) is 26.5 Å². The van der Waals surface area contributed by atoms with E-state index in [1.807, 2.05) is 18.3 Å². The molecule has 0 fully saturated rings. The number of halogens is 1. The normalized spacial score (nSPS) is 11.3. The van der Waals surface area contributed by atoms with Crippen LogP contribution in [-0.4, -0.2) is 40.8 Å². The molecule has 4 aromatic rings. The van der Waals surface area contributed by atoms with Crippen LogP contribution >= 0.6 is 0 Å². The number of hydrogen-bond donors (Lipinski definition) is 0. The molecular weight excluding hydrogens is 393 g/mol. The second-order valence-electron chi connectivity index (χ2n) is 6.46. The molecule has 6 heteroatoms. The molecule has 0 aliphatic rings. The van der Waals surface area contributed by atoms with Gasteiger partial charge in [-0.2, -0.15) is 0 Å². The molecule has 0 spiro atoms. The van der Waals surface area contributed by atoms with Gasteiger partial charge in [0.15, 0.2) is 0 Å². The molecule has 2 heterocycles. The average Bonchev–Trinajstić information content (AvgIpc) is 2.89. The third kappa shape index (κ3) is 3.33. The molecule has 0 aliphatic heterocycles. The Kier molecular flexibility index (Phi) is 5.64. The molecule has 2 aromatic heterocycles. The second-order valence-corrected chi connectivity index (χ2v) is 10.9. The van der Waals surface area contributed by atoms with Gasteiger partial charge in [0.25, 0.3) is 0 Å². The Bertz CT molecular complexity index is 938. The van der Waals surface area contributed by atoms with Crippen LogP contribution < -0.4 is 21.4 Å². The summed E-state index contributed by atoms with van der Waals surface area (Å²) in [6.07, 6.45) is 2.00. The van der Waals surface area contributed by atoms with Crippen molar-refractivity contribution in [1.29, 1.82) is 0 Å². The van der Waals surface area contributed by atoms with Crippen molar-refractivity contribution in [3.05, 3.63) is 54.7 Å². The fourth-order valence-corrected chi connectivity index (χ4v) is 3.57. The standard InChI is InChI=1S/C18H17N2OSi.BrH.Mg/c1-22(2,3)21-17-12-20-16-11-7-6-9-14(16)13-8-4-5-10-15(13)18(20)19-17;;/h4-9,11-12H,1-3H3;1H;/q-1;;+2/p-1. The minimum Gasteiger partial charge on any atom is -1.00 e. The summed E-state index contributed by atoms with van der Waals surface area (Å²) in [7, 11) is -1.68. The van der Waals surface area contributed by atoms with Gasteiger partial charge in [-0.05, 0) is 31.1 Å². The molecule has 0 N–H and O–H groups in total. The van der Waals surface area contributed by atoms with Gasteiger partial charge in [-0.3, -0.25) is 0 Å². The monoisotopic (exact) mass is 408 g/mol. The minimum absolute atomic E-state index is 0. The zero-order valence-electron chi connectivity index (χ0n) is 14.0. The molecule has 4 rings (SSSR count). The first-order valence-electron chi connectivity index (χ1n) is 7.42. The van der Waals surface area contributed by atoms with Crippen LogP contribution in [0.4, 0.5) is 0 Å². The van der Waals surface area contributed by atoms with Crippen molar-refractivity contribution in [3.63, 3.8) is 0 Å². The number of aromatic nitrogens is 2. The van der Waals surface area contributed by atoms with Crippen molar-refractivity contribution in [2.24, 2.45) is 0 Å². The second kappa shape index (κ2) is 7.03. The number of pyridine rings is 1. The van der Waals surface area contributed by atoms with Gasteiger partial charge in [0, 0.05) is 5.52 Å². The van der Waals surface area contributed by atoms with E-state index in [1.54, 1.807) is 0 Å². The first-order valence-corrected chi connectivity index (χ1v) is 10.8. The van der Waals surface area contributed by atoms with Crippen molar-refractivity contribution < 1.29 is 21.4 Å².